The zero-order valence-electron chi connectivity index (χ0n) is 10.7. The summed E-state index contributed by atoms with van der Waals surface area (Å²) in [6.07, 6.45) is 2.02. The summed E-state index contributed by atoms with van der Waals surface area (Å²) in [5.41, 5.74) is -0.730. The second kappa shape index (κ2) is 5.54. The van der Waals surface area contributed by atoms with Gasteiger partial charge in [-0.05, 0) is 49.9 Å². The predicted molar refractivity (Wildman–Crippen MR) is 73.7 cm³/mol. The van der Waals surface area contributed by atoms with Crippen molar-refractivity contribution in [1.29, 1.82) is 5.26 Å². The minimum atomic E-state index is -0.730. The summed E-state index contributed by atoms with van der Waals surface area (Å²) in [6, 6.07) is 8.90. The molecule has 1 aliphatic carbocycles. The van der Waals surface area contributed by atoms with E-state index in [1.54, 1.807) is 31.2 Å². The van der Waals surface area contributed by atoms with Gasteiger partial charge in [-0.25, -0.2) is 0 Å². The molecule has 2 N–H and O–H groups in total. The van der Waals surface area contributed by atoms with Crippen molar-refractivity contribution in [3.8, 4) is 11.8 Å². The first-order valence-corrected chi connectivity index (χ1v) is 7.16. The van der Waals surface area contributed by atoms with Crippen molar-refractivity contribution >= 4 is 17.7 Å². The van der Waals surface area contributed by atoms with Gasteiger partial charge in [0, 0.05) is 4.90 Å². The minimum Gasteiger partial charge on any atom is -0.508 e. The first-order chi connectivity index (χ1) is 9.03. The first-order valence-electron chi connectivity index (χ1n) is 6.17. The number of rotatable bonds is 5. The smallest absolute Gasteiger partial charge is 0.231 e. The molecule has 0 aromatic heterocycles. The fraction of sp³-hybridized carbons (Fsp3) is 0.429. The largest absolute Gasteiger partial charge is 0.508 e. The van der Waals surface area contributed by atoms with Crippen LogP contribution in [0.25, 0.3) is 0 Å². The summed E-state index contributed by atoms with van der Waals surface area (Å²) in [5.74, 6) is 0.642. The summed E-state index contributed by atoms with van der Waals surface area (Å²) < 4.78 is 0. The lowest BCUT2D eigenvalue weighted by atomic mass is 9.98. The Hall–Kier alpha value is -1.67. The van der Waals surface area contributed by atoms with Crippen LogP contribution in [-0.4, -0.2) is 22.3 Å². The van der Waals surface area contributed by atoms with Crippen LogP contribution in [0.4, 0.5) is 0 Å². The number of nitrogens with one attached hydrogen (secondary N) is 1. The fourth-order valence-electron chi connectivity index (χ4n) is 1.90. The third-order valence-electron chi connectivity index (χ3n) is 3.23. The molecular weight excluding hydrogens is 260 g/mol. The van der Waals surface area contributed by atoms with E-state index in [2.05, 4.69) is 11.4 Å². The van der Waals surface area contributed by atoms with Crippen LogP contribution in [0.5, 0.6) is 5.75 Å². The SMILES string of the molecule is C[C@](C#N)(NC(=O)CSc1ccc(O)cc1)C1CC1. The topological polar surface area (TPSA) is 73.1 Å². The maximum atomic E-state index is 11.9. The molecule has 100 valence electrons. The molecule has 0 unspecified atom stereocenters. The molecule has 1 aliphatic rings. The van der Waals surface area contributed by atoms with Gasteiger partial charge in [-0.2, -0.15) is 5.26 Å². The van der Waals surface area contributed by atoms with E-state index in [0.29, 0.717) is 5.92 Å². The summed E-state index contributed by atoms with van der Waals surface area (Å²) in [5, 5.41) is 21.1. The summed E-state index contributed by atoms with van der Waals surface area (Å²) in [6.45, 7) is 1.79. The molecule has 0 spiro atoms. The van der Waals surface area contributed by atoms with Gasteiger partial charge in [-0.1, -0.05) is 0 Å². The number of benzene rings is 1. The Bertz CT molecular complexity index is 505. The molecule has 0 aliphatic heterocycles. The molecule has 19 heavy (non-hydrogen) atoms. The van der Waals surface area contributed by atoms with E-state index in [1.165, 1.54) is 11.8 Å². The number of nitrogens with zero attached hydrogens (tertiary/aromatic N) is 1. The molecular formula is C14H16N2O2S. The molecule has 1 amide bonds. The van der Waals surface area contributed by atoms with Crippen molar-refractivity contribution in [3.63, 3.8) is 0 Å². The van der Waals surface area contributed by atoms with Crippen molar-refractivity contribution in [2.45, 2.75) is 30.2 Å². The van der Waals surface area contributed by atoms with E-state index in [1.807, 2.05) is 0 Å². The summed E-state index contributed by atoms with van der Waals surface area (Å²) >= 11 is 1.39. The molecule has 2 rings (SSSR count). The van der Waals surface area contributed by atoms with Crippen molar-refractivity contribution in [3.05, 3.63) is 24.3 Å². The second-order valence-corrected chi connectivity index (χ2v) is 5.97. The lowest BCUT2D eigenvalue weighted by Gasteiger charge is -2.22. The van der Waals surface area contributed by atoms with Crippen LogP contribution in [0.3, 0.4) is 0 Å². The Kier molecular flexibility index (Phi) is 4.01. The number of phenols is 1. The number of phenolic OH excluding ortho intramolecular Hbond substituents is 1. The van der Waals surface area contributed by atoms with Crippen molar-refractivity contribution in [2.24, 2.45) is 5.92 Å². The van der Waals surface area contributed by atoms with Gasteiger partial charge in [-0.15, -0.1) is 11.8 Å². The van der Waals surface area contributed by atoms with Crippen molar-refractivity contribution in [2.75, 3.05) is 5.75 Å². The maximum Gasteiger partial charge on any atom is 0.231 e. The van der Waals surface area contributed by atoms with E-state index in [-0.39, 0.29) is 17.4 Å². The second-order valence-electron chi connectivity index (χ2n) is 4.92. The minimum absolute atomic E-state index is 0.131. The van der Waals surface area contributed by atoms with Crippen LogP contribution in [0.15, 0.2) is 29.2 Å². The number of hydrogen-bond acceptors (Lipinski definition) is 4. The van der Waals surface area contributed by atoms with E-state index < -0.39 is 5.54 Å². The van der Waals surface area contributed by atoms with E-state index in [4.69, 9.17) is 10.4 Å². The molecule has 0 saturated heterocycles. The van der Waals surface area contributed by atoms with Gasteiger partial charge in [0.25, 0.3) is 0 Å². The molecule has 5 heteroatoms. The van der Waals surface area contributed by atoms with E-state index in [9.17, 15) is 4.79 Å². The lowest BCUT2D eigenvalue weighted by molar-refractivity contribution is -0.119. The van der Waals surface area contributed by atoms with Crippen LogP contribution in [-0.2, 0) is 4.79 Å². The lowest BCUT2D eigenvalue weighted by Crippen LogP contribution is -2.47. The van der Waals surface area contributed by atoms with Gasteiger partial charge in [0.2, 0.25) is 5.91 Å². The average Bonchev–Trinajstić information content (AvgIpc) is 3.22. The molecule has 1 aromatic rings. The number of amides is 1. The Balaban J connectivity index is 1.84. The quantitative estimate of drug-likeness (QED) is 0.809. The van der Waals surface area contributed by atoms with Crippen LogP contribution in [0.1, 0.15) is 19.8 Å². The number of carbonyl (C=O) groups is 1. The Morgan fingerprint density at radius 2 is 2.16 bits per heavy atom. The van der Waals surface area contributed by atoms with Gasteiger partial charge >= 0.3 is 0 Å². The Morgan fingerprint density at radius 3 is 2.68 bits per heavy atom. The highest BCUT2D eigenvalue weighted by molar-refractivity contribution is 8.00. The molecule has 0 bridgehead atoms. The highest BCUT2D eigenvalue weighted by Crippen LogP contribution is 2.39. The van der Waals surface area contributed by atoms with E-state index >= 15 is 0 Å². The fourth-order valence-corrected chi connectivity index (χ4v) is 2.60. The third kappa shape index (κ3) is 3.65. The number of aromatic hydroxyl groups is 1. The molecule has 1 aromatic carbocycles. The zero-order valence-corrected chi connectivity index (χ0v) is 11.5. The third-order valence-corrected chi connectivity index (χ3v) is 4.24. The molecule has 1 saturated carbocycles. The van der Waals surface area contributed by atoms with Gasteiger partial charge < -0.3 is 10.4 Å². The molecule has 1 atom stereocenters. The van der Waals surface area contributed by atoms with Crippen molar-refractivity contribution in [1.82, 2.24) is 5.32 Å². The molecule has 1 fully saturated rings. The number of nitriles is 1. The Morgan fingerprint density at radius 1 is 1.53 bits per heavy atom. The van der Waals surface area contributed by atoms with Crippen LogP contribution in [0, 0.1) is 17.2 Å². The van der Waals surface area contributed by atoms with Crippen LogP contribution >= 0.6 is 11.8 Å². The number of carbonyl (C=O) groups excluding carboxylic acids is 1. The first kappa shape index (κ1) is 13.8. The Labute approximate surface area is 116 Å². The summed E-state index contributed by atoms with van der Waals surface area (Å²) in [4.78, 5) is 12.8. The predicted octanol–water partition coefficient (Wildman–Crippen LogP) is 2.29. The van der Waals surface area contributed by atoms with Crippen molar-refractivity contribution < 1.29 is 9.90 Å². The van der Waals surface area contributed by atoms with Gasteiger partial charge in [0.15, 0.2) is 0 Å². The van der Waals surface area contributed by atoms with Crippen LogP contribution < -0.4 is 5.32 Å². The monoisotopic (exact) mass is 276 g/mol. The normalized spacial score (nSPS) is 17.3. The maximum absolute atomic E-state index is 11.9. The van der Waals surface area contributed by atoms with E-state index in [0.717, 1.165) is 17.7 Å². The molecule has 4 nitrogen and oxygen atoms in total. The number of thioether (sulfide) groups is 1. The number of hydrogen-bond donors (Lipinski definition) is 2. The molecule has 0 heterocycles. The standard InChI is InChI=1S/C14H16N2O2S/c1-14(9-15,10-2-3-10)16-13(18)8-19-12-6-4-11(17)5-7-12/h4-7,10,17H,2-3,8H2,1H3,(H,16,18)/t14-/m1/s1. The van der Waals surface area contributed by atoms with Gasteiger partial charge in [-0.3, -0.25) is 4.79 Å². The highest BCUT2D eigenvalue weighted by Gasteiger charge is 2.42. The van der Waals surface area contributed by atoms with Crippen LogP contribution in [0.2, 0.25) is 0 Å². The highest BCUT2D eigenvalue weighted by atomic mass is 32.2. The van der Waals surface area contributed by atoms with Gasteiger partial charge in [0.05, 0.1) is 11.8 Å². The van der Waals surface area contributed by atoms with Gasteiger partial charge in [0.1, 0.15) is 11.3 Å². The average molecular weight is 276 g/mol. The summed E-state index contributed by atoms with van der Waals surface area (Å²) in [7, 11) is 0. The molecule has 0 radical (unpaired) electrons. The zero-order chi connectivity index (χ0) is 13.9.